The molecule has 0 bridgehead atoms. The predicted molar refractivity (Wildman–Crippen MR) is 173 cm³/mol. The molecular formula is C36H34F6N4O4. The molecule has 0 aliphatic carbocycles. The molecule has 0 spiro atoms. The zero-order chi connectivity index (χ0) is 36.9. The van der Waals surface area contributed by atoms with E-state index in [-0.39, 0.29) is 66.3 Å². The van der Waals surface area contributed by atoms with Gasteiger partial charge in [0.2, 0.25) is 5.95 Å². The number of nitrogens with zero attached hydrogens (tertiary/aromatic N) is 4. The third-order valence-electron chi connectivity index (χ3n) is 7.67. The van der Waals surface area contributed by atoms with Gasteiger partial charge in [-0.25, -0.2) is 9.97 Å². The molecule has 0 saturated heterocycles. The summed E-state index contributed by atoms with van der Waals surface area (Å²) in [4.78, 5) is 20.8. The third-order valence-corrected chi connectivity index (χ3v) is 7.67. The molecule has 1 heterocycles. The highest BCUT2D eigenvalue weighted by Gasteiger charge is 2.33. The summed E-state index contributed by atoms with van der Waals surface area (Å²) >= 11 is 0. The summed E-state index contributed by atoms with van der Waals surface area (Å²) in [5.74, 6) is -0.490. The number of rotatable bonds is 12. The summed E-state index contributed by atoms with van der Waals surface area (Å²) in [6.45, 7) is 5.36. The maximum atomic E-state index is 14.1. The molecule has 0 aliphatic rings. The summed E-state index contributed by atoms with van der Waals surface area (Å²) in [6, 6.07) is 13.2. The van der Waals surface area contributed by atoms with Crippen LogP contribution in [0, 0.1) is 11.3 Å². The van der Waals surface area contributed by atoms with Crippen molar-refractivity contribution < 1.29 is 45.7 Å². The molecule has 0 fully saturated rings. The Morgan fingerprint density at radius 2 is 1.52 bits per heavy atom. The van der Waals surface area contributed by atoms with Crippen LogP contribution in [0.25, 0.3) is 11.1 Å². The van der Waals surface area contributed by atoms with Crippen molar-refractivity contribution in [2.75, 3.05) is 18.6 Å². The Bertz CT molecular complexity index is 1860. The molecule has 0 aliphatic heterocycles. The summed E-state index contributed by atoms with van der Waals surface area (Å²) < 4.78 is 94.7. The molecule has 0 atom stereocenters. The standard InChI is InChI=1S/C36H34F6N4O4/c1-34(2,3)25-8-10-31(49-4)30(16-25)29-9-7-26(35(37,38)39)15-24(29)21-46(20-23-12-22(17-43)13-27(14-23)36(40,41)42)33-44-18-28(19-45-33)50-11-5-6-32(47)48/h7-10,12-16,18-19H,5-6,11,20-21H2,1-4H3,(H,47,48). The Morgan fingerprint density at radius 3 is 2.10 bits per heavy atom. The van der Waals surface area contributed by atoms with Gasteiger partial charge in [0, 0.05) is 25.1 Å². The maximum absolute atomic E-state index is 14.1. The van der Waals surface area contributed by atoms with Gasteiger partial charge in [0.25, 0.3) is 0 Å². The highest BCUT2D eigenvalue weighted by atomic mass is 19.4. The molecule has 264 valence electrons. The number of anilines is 1. The van der Waals surface area contributed by atoms with Crippen LogP contribution in [0.4, 0.5) is 32.3 Å². The van der Waals surface area contributed by atoms with Gasteiger partial charge in [-0.05, 0) is 76.6 Å². The molecule has 50 heavy (non-hydrogen) atoms. The minimum atomic E-state index is -4.77. The number of carboxylic acids is 1. The number of ether oxygens (including phenoxy) is 2. The van der Waals surface area contributed by atoms with Gasteiger partial charge in [0.15, 0.2) is 5.75 Å². The number of hydrogen-bond donors (Lipinski definition) is 1. The normalized spacial score (nSPS) is 11.9. The molecule has 0 radical (unpaired) electrons. The van der Waals surface area contributed by atoms with Gasteiger partial charge < -0.3 is 19.5 Å². The molecular weight excluding hydrogens is 666 g/mol. The van der Waals surface area contributed by atoms with Crippen LogP contribution in [0.15, 0.2) is 67.0 Å². The molecule has 1 N–H and O–H groups in total. The summed E-state index contributed by atoms with van der Waals surface area (Å²) in [5, 5.41) is 18.3. The Morgan fingerprint density at radius 1 is 0.860 bits per heavy atom. The van der Waals surface area contributed by atoms with Crippen molar-refractivity contribution in [3.05, 3.63) is 100 Å². The lowest BCUT2D eigenvalue weighted by atomic mass is 9.84. The van der Waals surface area contributed by atoms with E-state index in [9.17, 15) is 36.4 Å². The fraction of sp³-hybridized carbons (Fsp3) is 0.333. The second kappa shape index (κ2) is 15.1. The van der Waals surface area contributed by atoms with Crippen LogP contribution >= 0.6 is 0 Å². The van der Waals surface area contributed by atoms with Crippen molar-refractivity contribution in [2.24, 2.45) is 0 Å². The number of carbonyl (C=O) groups is 1. The van der Waals surface area contributed by atoms with Crippen LogP contribution < -0.4 is 14.4 Å². The number of nitriles is 1. The molecule has 3 aromatic carbocycles. The lowest BCUT2D eigenvalue weighted by Gasteiger charge is -2.26. The number of aliphatic carboxylic acids is 1. The molecule has 14 heteroatoms. The van der Waals surface area contributed by atoms with Gasteiger partial charge in [0.1, 0.15) is 5.75 Å². The largest absolute Gasteiger partial charge is 0.496 e. The Labute approximate surface area is 284 Å². The van der Waals surface area contributed by atoms with Crippen molar-refractivity contribution in [3.8, 4) is 28.7 Å². The Balaban J connectivity index is 1.86. The Hall–Kier alpha value is -5.32. The van der Waals surface area contributed by atoms with Crippen molar-refractivity contribution in [1.29, 1.82) is 5.26 Å². The maximum Gasteiger partial charge on any atom is 0.416 e. The fourth-order valence-electron chi connectivity index (χ4n) is 5.14. The number of aromatic nitrogens is 2. The van der Waals surface area contributed by atoms with Crippen LogP contribution in [-0.2, 0) is 35.7 Å². The summed E-state index contributed by atoms with van der Waals surface area (Å²) in [7, 11) is 1.44. The van der Waals surface area contributed by atoms with Crippen molar-refractivity contribution in [2.45, 2.75) is 64.5 Å². The van der Waals surface area contributed by atoms with E-state index in [1.54, 1.807) is 12.1 Å². The van der Waals surface area contributed by atoms with E-state index < -0.39 is 29.4 Å². The van der Waals surface area contributed by atoms with E-state index in [4.69, 9.17) is 14.6 Å². The van der Waals surface area contributed by atoms with E-state index in [1.807, 2.05) is 32.9 Å². The van der Waals surface area contributed by atoms with E-state index in [1.165, 1.54) is 36.5 Å². The fourth-order valence-corrected chi connectivity index (χ4v) is 5.14. The number of halogens is 6. The first-order chi connectivity index (χ1) is 23.4. The predicted octanol–water partition coefficient (Wildman–Crippen LogP) is 8.81. The van der Waals surface area contributed by atoms with Gasteiger partial charge in [-0.3, -0.25) is 4.79 Å². The van der Waals surface area contributed by atoms with Crippen molar-refractivity contribution >= 4 is 11.9 Å². The number of carboxylic acid groups (broad SMARTS) is 1. The minimum absolute atomic E-state index is 0.0369. The number of alkyl halides is 6. The number of methoxy groups -OCH3 is 1. The van der Waals surface area contributed by atoms with Crippen LogP contribution in [0.5, 0.6) is 11.5 Å². The van der Waals surface area contributed by atoms with E-state index in [0.717, 1.165) is 23.8 Å². The highest BCUT2D eigenvalue weighted by molar-refractivity contribution is 5.75. The van der Waals surface area contributed by atoms with E-state index in [2.05, 4.69) is 9.97 Å². The van der Waals surface area contributed by atoms with Crippen molar-refractivity contribution in [1.82, 2.24) is 9.97 Å². The molecule has 8 nitrogen and oxygen atoms in total. The number of benzene rings is 3. The first kappa shape index (κ1) is 37.5. The lowest BCUT2D eigenvalue weighted by molar-refractivity contribution is -0.138. The summed E-state index contributed by atoms with van der Waals surface area (Å²) in [5.41, 5.74) is -0.655. The minimum Gasteiger partial charge on any atom is -0.496 e. The first-order valence-electron chi connectivity index (χ1n) is 15.3. The Kier molecular flexibility index (Phi) is 11.3. The van der Waals surface area contributed by atoms with Gasteiger partial charge in [-0.15, -0.1) is 0 Å². The highest BCUT2D eigenvalue weighted by Crippen LogP contribution is 2.40. The average molecular weight is 701 g/mol. The van der Waals surface area contributed by atoms with Crippen molar-refractivity contribution in [3.63, 3.8) is 0 Å². The molecule has 4 aromatic rings. The summed E-state index contributed by atoms with van der Waals surface area (Å²) in [6.07, 6.45) is -6.87. The van der Waals surface area contributed by atoms with Gasteiger partial charge in [0.05, 0.1) is 48.9 Å². The van der Waals surface area contributed by atoms with Crippen LogP contribution in [0.2, 0.25) is 0 Å². The lowest BCUT2D eigenvalue weighted by Crippen LogP contribution is -2.25. The van der Waals surface area contributed by atoms with E-state index >= 15 is 0 Å². The second-order valence-corrected chi connectivity index (χ2v) is 12.5. The first-order valence-corrected chi connectivity index (χ1v) is 15.3. The van der Waals surface area contributed by atoms with Crippen LogP contribution in [0.1, 0.15) is 67.0 Å². The van der Waals surface area contributed by atoms with Gasteiger partial charge in [-0.2, -0.15) is 31.6 Å². The monoisotopic (exact) mass is 700 g/mol. The van der Waals surface area contributed by atoms with E-state index in [0.29, 0.717) is 22.9 Å². The second-order valence-electron chi connectivity index (χ2n) is 12.5. The molecule has 0 amide bonds. The van der Waals surface area contributed by atoms with Gasteiger partial charge >= 0.3 is 18.3 Å². The molecule has 4 rings (SSSR count). The molecule has 0 unspecified atom stereocenters. The topological polar surface area (TPSA) is 109 Å². The third kappa shape index (κ3) is 9.64. The van der Waals surface area contributed by atoms with Crippen LogP contribution in [-0.4, -0.2) is 34.8 Å². The zero-order valence-electron chi connectivity index (χ0n) is 27.6. The van der Waals surface area contributed by atoms with Crippen LogP contribution in [0.3, 0.4) is 0 Å². The molecule has 0 saturated carbocycles. The average Bonchev–Trinajstić information content (AvgIpc) is 3.05. The zero-order valence-corrected chi connectivity index (χ0v) is 27.6. The quantitative estimate of drug-likeness (QED) is 0.115. The van der Waals surface area contributed by atoms with Gasteiger partial charge in [-0.1, -0.05) is 32.9 Å². The SMILES string of the molecule is COc1ccc(C(C)(C)C)cc1-c1ccc(C(F)(F)F)cc1CN(Cc1cc(C#N)cc(C(F)(F)F)c1)c1ncc(OCCCC(=O)O)cn1. The molecule has 1 aromatic heterocycles. The smallest absolute Gasteiger partial charge is 0.416 e. The number of hydrogen-bond acceptors (Lipinski definition) is 7.